The number of carbonyl (C=O) groups is 1. The Hall–Kier alpha value is 0.0225. The highest BCUT2D eigenvalue weighted by atomic mass is 32.2. The monoisotopic (exact) mass is 198 g/mol. The Bertz CT molecular complexity index is 217. The van der Waals surface area contributed by atoms with Gasteiger partial charge in [0.25, 0.3) is 0 Å². The molecule has 0 aromatic heterocycles. The van der Waals surface area contributed by atoms with E-state index in [1.54, 1.807) is 15.6 Å². The molecule has 3 nitrogen and oxygen atoms in total. The molecule has 1 fully saturated rings. The van der Waals surface area contributed by atoms with Gasteiger partial charge in [-0.3, -0.25) is 9.79 Å². The van der Waals surface area contributed by atoms with Gasteiger partial charge in [-0.25, -0.2) is 0 Å². The highest BCUT2D eigenvalue weighted by Crippen LogP contribution is 2.17. The molecule has 12 heavy (non-hydrogen) atoms. The minimum Gasteiger partial charge on any atom is -0.405 e. The summed E-state index contributed by atoms with van der Waals surface area (Å²) in [4.78, 5) is 15.5. The van der Waals surface area contributed by atoms with Crippen molar-refractivity contribution < 1.29 is 4.79 Å². The Kier molecular flexibility index (Phi) is 3.63. The van der Waals surface area contributed by atoms with E-state index in [1.807, 2.05) is 13.8 Å². The summed E-state index contributed by atoms with van der Waals surface area (Å²) in [5, 5.41) is 0.825. The predicted molar refractivity (Wildman–Crippen MR) is 52.2 cm³/mol. The molecule has 0 saturated carbocycles. The molecule has 0 unspecified atom stereocenters. The van der Waals surface area contributed by atoms with E-state index in [0.717, 1.165) is 10.9 Å². The van der Waals surface area contributed by atoms with E-state index < -0.39 is 0 Å². The van der Waals surface area contributed by atoms with Crippen molar-refractivity contribution in [3.63, 3.8) is 0 Å². The SMILES string of the molecule is CC(C)N=C1SCCC(=O)[N]1[Al]. The van der Waals surface area contributed by atoms with Crippen molar-refractivity contribution in [3.05, 3.63) is 0 Å². The summed E-state index contributed by atoms with van der Waals surface area (Å²) < 4.78 is 1.56. The lowest BCUT2D eigenvalue weighted by Gasteiger charge is -2.26. The first-order valence-corrected chi connectivity index (χ1v) is 5.39. The molecule has 0 aromatic rings. The van der Waals surface area contributed by atoms with Gasteiger partial charge in [-0.15, -0.1) is 0 Å². The highest BCUT2D eigenvalue weighted by Gasteiger charge is 2.19. The Morgan fingerprint density at radius 1 is 1.67 bits per heavy atom. The zero-order chi connectivity index (χ0) is 9.14. The molecule has 0 N–H and O–H groups in total. The lowest BCUT2D eigenvalue weighted by Crippen LogP contribution is -2.37. The van der Waals surface area contributed by atoms with Gasteiger partial charge in [-0.2, -0.15) is 0 Å². The van der Waals surface area contributed by atoms with Crippen LogP contribution in [0.25, 0.3) is 0 Å². The summed E-state index contributed by atoms with van der Waals surface area (Å²) in [5.74, 6) is 0.994. The molecular formula is C7H11AlN2OS. The van der Waals surface area contributed by atoms with Crippen LogP contribution in [-0.4, -0.2) is 43.3 Å². The number of amides is 1. The molecule has 1 amide bonds. The second-order valence-corrected chi connectivity index (χ2v) is 4.45. The average Bonchev–Trinajstić information content (AvgIpc) is 1.98. The minimum atomic E-state index is 0.137. The Labute approximate surface area is 85.2 Å². The fourth-order valence-electron chi connectivity index (χ4n) is 0.847. The Balaban J connectivity index is 2.70. The smallest absolute Gasteiger partial charge is 0.326 e. The van der Waals surface area contributed by atoms with Crippen molar-refractivity contribution in [2.45, 2.75) is 26.3 Å². The van der Waals surface area contributed by atoms with Crippen molar-refractivity contribution >= 4 is 39.3 Å². The molecule has 0 spiro atoms. The van der Waals surface area contributed by atoms with Gasteiger partial charge < -0.3 is 3.88 Å². The van der Waals surface area contributed by atoms with Gasteiger partial charge in [-0.05, 0) is 13.8 Å². The van der Waals surface area contributed by atoms with Crippen molar-refractivity contribution in [2.24, 2.45) is 4.99 Å². The summed E-state index contributed by atoms with van der Waals surface area (Å²) in [5.41, 5.74) is 0. The van der Waals surface area contributed by atoms with Crippen molar-refractivity contribution in [1.82, 2.24) is 3.88 Å². The van der Waals surface area contributed by atoms with Crippen molar-refractivity contribution in [3.8, 4) is 0 Å². The number of nitrogens with zero attached hydrogens (tertiary/aromatic N) is 2. The molecule has 5 heteroatoms. The molecule has 0 bridgehead atoms. The van der Waals surface area contributed by atoms with Gasteiger partial charge in [0.2, 0.25) is 5.91 Å². The molecular weight excluding hydrogens is 187 g/mol. The van der Waals surface area contributed by atoms with E-state index in [0.29, 0.717) is 6.42 Å². The maximum atomic E-state index is 11.2. The Morgan fingerprint density at radius 2 is 2.33 bits per heavy atom. The van der Waals surface area contributed by atoms with Gasteiger partial charge in [0.1, 0.15) is 5.17 Å². The van der Waals surface area contributed by atoms with Gasteiger partial charge >= 0.3 is 16.5 Å². The van der Waals surface area contributed by atoms with Crippen LogP contribution in [0.2, 0.25) is 0 Å². The summed E-state index contributed by atoms with van der Waals surface area (Å²) >= 11 is 4.04. The molecule has 64 valence electrons. The number of rotatable bonds is 1. The van der Waals surface area contributed by atoms with Crippen LogP contribution < -0.4 is 0 Å². The third-order valence-corrected chi connectivity index (χ3v) is 3.08. The lowest BCUT2D eigenvalue weighted by atomic mass is 10.4. The van der Waals surface area contributed by atoms with Gasteiger partial charge in [0.05, 0.1) is 0 Å². The number of aliphatic imine (C=N–C) groups is 1. The zero-order valence-corrected chi connectivity index (χ0v) is 9.25. The third-order valence-electron chi connectivity index (χ3n) is 1.39. The summed E-state index contributed by atoms with van der Waals surface area (Å²) in [6, 6.07) is 0.251. The quantitative estimate of drug-likeness (QED) is 0.584. The van der Waals surface area contributed by atoms with Crippen molar-refractivity contribution in [2.75, 3.05) is 5.75 Å². The predicted octanol–water partition coefficient (Wildman–Crippen LogP) is 0.800. The number of thioether (sulfide) groups is 1. The molecule has 0 aliphatic carbocycles. The van der Waals surface area contributed by atoms with Crippen LogP contribution in [0, 0.1) is 0 Å². The second-order valence-electron chi connectivity index (χ2n) is 2.87. The van der Waals surface area contributed by atoms with Crippen LogP contribution in [-0.2, 0) is 4.79 Å². The molecule has 1 aliphatic heterocycles. The summed E-state index contributed by atoms with van der Waals surface area (Å²) in [6.45, 7) is 4.01. The van der Waals surface area contributed by atoms with Gasteiger partial charge in [0.15, 0.2) is 0 Å². The van der Waals surface area contributed by atoms with Crippen LogP contribution in [0.1, 0.15) is 20.3 Å². The van der Waals surface area contributed by atoms with E-state index in [4.69, 9.17) is 0 Å². The van der Waals surface area contributed by atoms with Crippen LogP contribution in [0.4, 0.5) is 0 Å². The number of hydrogen-bond donors (Lipinski definition) is 0. The topological polar surface area (TPSA) is 32.7 Å². The minimum absolute atomic E-state index is 0.137. The molecule has 1 rings (SSSR count). The van der Waals surface area contributed by atoms with Crippen LogP contribution in [0.15, 0.2) is 4.99 Å². The maximum Gasteiger partial charge on any atom is 0.326 e. The first-order chi connectivity index (χ1) is 5.61. The van der Waals surface area contributed by atoms with E-state index >= 15 is 0 Å². The fraction of sp³-hybridized carbons (Fsp3) is 0.714. The molecule has 0 atom stereocenters. The van der Waals surface area contributed by atoms with E-state index in [-0.39, 0.29) is 11.9 Å². The van der Waals surface area contributed by atoms with Crippen LogP contribution >= 0.6 is 11.8 Å². The van der Waals surface area contributed by atoms with E-state index in [9.17, 15) is 4.79 Å². The average molecular weight is 198 g/mol. The Morgan fingerprint density at radius 3 is 2.92 bits per heavy atom. The van der Waals surface area contributed by atoms with Crippen LogP contribution in [0.5, 0.6) is 0 Å². The fourth-order valence-corrected chi connectivity index (χ4v) is 2.25. The van der Waals surface area contributed by atoms with Gasteiger partial charge in [0, 0.05) is 18.2 Å². The molecule has 1 aliphatic rings. The molecule has 1 saturated heterocycles. The summed E-state index contributed by atoms with van der Waals surface area (Å²) in [7, 11) is 0. The molecule has 1 heterocycles. The lowest BCUT2D eigenvalue weighted by molar-refractivity contribution is -0.123. The zero-order valence-electron chi connectivity index (χ0n) is 7.28. The van der Waals surface area contributed by atoms with Crippen LogP contribution in [0.3, 0.4) is 0 Å². The third kappa shape index (κ3) is 2.51. The molecule has 0 aromatic carbocycles. The molecule has 2 radical (unpaired) electrons. The largest absolute Gasteiger partial charge is 0.405 e. The summed E-state index contributed by atoms with van der Waals surface area (Å²) in [6.07, 6.45) is 0.616. The normalized spacial score (nSPS) is 22.4. The van der Waals surface area contributed by atoms with Gasteiger partial charge in [-0.1, -0.05) is 11.8 Å². The highest BCUT2D eigenvalue weighted by molar-refractivity contribution is 8.14. The standard InChI is InChI=1S/C7H12N2OS.Al/c1-5(2)8-7-9-6(10)3-4-11-7;/h5H,3-4H2,1-2H3,(H,8,9,10);/q;+1/p-1. The van der Waals surface area contributed by atoms with E-state index in [1.165, 1.54) is 0 Å². The second kappa shape index (κ2) is 4.31. The first kappa shape index (κ1) is 10.1. The number of hydrogen-bond acceptors (Lipinski definition) is 3. The number of carbonyl (C=O) groups excluding carboxylic acids is 1. The number of amidine groups is 1. The van der Waals surface area contributed by atoms with Crippen molar-refractivity contribution in [1.29, 1.82) is 0 Å². The maximum absolute atomic E-state index is 11.2. The first-order valence-electron chi connectivity index (χ1n) is 3.89. The van der Waals surface area contributed by atoms with E-state index in [2.05, 4.69) is 21.5 Å².